The first kappa shape index (κ1) is 11.6. The molecule has 2 atom stereocenters. The van der Waals surface area contributed by atoms with Gasteiger partial charge in [-0.1, -0.05) is 20.3 Å². The van der Waals surface area contributed by atoms with Crippen molar-refractivity contribution < 1.29 is 0 Å². The van der Waals surface area contributed by atoms with Crippen LogP contribution in [0.25, 0.3) is 0 Å². The van der Waals surface area contributed by atoms with Crippen molar-refractivity contribution in [2.45, 2.75) is 52.6 Å². The molecule has 2 unspecified atom stereocenters. The van der Waals surface area contributed by atoms with Crippen LogP contribution in [0.4, 0.5) is 0 Å². The zero-order valence-electron chi connectivity index (χ0n) is 10.7. The monoisotopic (exact) mass is 221 g/mol. The Kier molecular flexibility index (Phi) is 3.64. The SMILES string of the molecule is CCC(C)CC(C)n1cnc2c1CCNC2. The van der Waals surface area contributed by atoms with Crippen LogP contribution < -0.4 is 5.32 Å². The molecule has 16 heavy (non-hydrogen) atoms. The highest BCUT2D eigenvalue weighted by Crippen LogP contribution is 2.23. The van der Waals surface area contributed by atoms with Gasteiger partial charge in [-0.05, 0) is 19.3 Å². The van der Waals surface area contributed by atoms with Crippen molar-refractivity contribution in [3.05, 3.63) is 17.7 Å². The molecule has 0 fully saturated rings. The zero-order chi connectivity index (χ0) is 11.5. The lowest BCUT2D eigenvalue weighted by molar-refractivity contribution is 0.388. The van der Waals surface area contributed by atoms with Crippen LogP contribution in [-0.2, 0) is 13.0 Å². The molecule has 0 saturated carbocycles. The van der Waals surface area contributed by atoms with Crippen LogP contribution in [0, 0.1) is 5.92 Å². The van der Waals surface area contributed by atoms with Crippen molar-refractivity contribution in [1.29, 1.82) is 0 Å². The van der Waals surface area contributed by atoms with Crippen LogP contribution in [0.2, 0.25) is 0 Å². The van der Waals surface area contributed by atoms with Gasteiger partial charge in [-0.3, -0.25) is 0 Å². The molecule has 0 amide bonds. The number of hydrogen-bond acceptors (Lipinski definition) is 2. The third kappa shape index (κ3) is 2.29. The van der Waals surface area contributed by atoms with Gasteiger partial charge in [-0.15, -0.1) is 0 Å². The maximum atomic E-state index is 4.51. The summed E-state index contributed by atoms with van der Waals surface area (Å²) >= 11 is 0. The van der Waals surface area contributed by atoms with E-state index in [1.807, 2.05) is 6.33 Å². The molecule has 2 heterocycles. The summed E-state index contributed by atoms with van der Waals surface area (Å²) in [5, 5.41) is 3.37. The van der Waals surface area contributed by atoms with E-state index in [9.17, 15) is 0 Å². The third-order valence-corrected chi connectivity index (χ3v) is 3.73. The van der Waals surface area contributed by atoms with Gasteiger partial charge in [0.05, 0.1) is 12.0 Å². The molecule has 1 N–H and O–H groups in total. The summed E-state index contributed by atoms with van der Waals surface area (Å²) in [6, 6.07) is 0.587. The Hall–Kier alpha value is -0.830. The predicted octanol–water partition coefficient (Wildman–Crippen LogP) is 2.53. The van der Waals surface area contributed by atoms with Gasteiger partial charge in [-0.2, -0.15) is 0 Å². The molecule has 2 rings (SSSR count). The quantitative estimate of drug-likeness (QED) is 0.846. The second-order valence-electron chi connectivity index (χ2n) is 5.07. The normalized spacial score (nSPS) is 19.2. The summed E-state index contributed by atoms with van der Waals surface area (Å²) in [5.74, 6) is 0.801. The summed E-state index contributed by atoms with van der Waals surface area (Å²) < 4.78 is 2.39. The molecule has 1 aromatic rings. The first-order valence-electron chi connectivity index (χ1n) is 6.47. The highest BCUT2D eigenvalue weighted by Gasteiger charge is 2.18. The number of imidazole rings is 1. The van der Waals surface area contributed by atoms with Crippen molar-refractivity contribution >= 4 is 0 Å². The highest BCUT2D eigenvalue weighted by molar-refractivity contribution is 5.17. The third-order valence-electron chi connectivity index (χ3n) is 3.73. The molecule has 0 saturated heterocycles. The number of fused-ring (bicyclic) bond motifs is 1. The van der Waals surface area contributed by atoms with Crippen molar-refractivity contribution in [2.24, 2.45) is 5.92 Å². The lowest BCUT2D eigenvalue weighted by atomic mass is 10.00. The van der Waals surface area contributed by atoms with Gasteiger partial charge in [0.15, 0.2) is 0 Å². The van der Waals surface area contributed by atoms with Gasteiger partial charge >= 0.3 is 0 Å². The molecular weight excluding hydrogens is 198 g/mol. The molecule has 1 aromatic heterocycles. The van der Waals surface area contributed by atoms with Crippen molar-refractivity contribution in [2.75, 3.05) is 6.54 Å². The molecule has 90 valence electrons. The number of rotatable bonds is 4. The van der Waals surface area contributed by atoms with Crippen molar-refractivity contribution in [3.63, 3.8) is 0 Å². The average Bonchev–Trinajstić information content (AvgIpc) is 2.72. The lowest BCUT2D eigenvalue weighted by Crippen LogP contribution is -2.25. The van der Waals surface area contributed by atoms with Gasteiger partial charge in [0, 0.05) is 31.2 Å². The van der Waals surface area contributed by atoms with Crippen LogP contribution in [-0.4, -0.2) is 16.1 Å². The van der Waals surface area contributed by atoms with Gasteiger partial charge in [0.1, 0.15) is 0 Å². The minimum absolute atomic E-state index is 0.587. The Balaban J connectivity index is 2.11. The molecule has 0 bridgehead atoms. The fourth-order valence-corrected chi connectivity index (χ4v) is 2.50. The maximum Gasteiger partial charge on any atom is 0.0954 e. The van der Waals surface area contributed by atoms with Crippen LogP contribution >= 0.6 is 0 Å². The number of aromatic nitrogens is 2. The lowest BCUT2D eigenvalue weighted by Gasteiger charge is -2.22. The first-order chi connectivity index (χ1) is 7.72. The van der Waals surface area contributed by atoms with Crippen LogP contribution in [0.5, 0.6) is 0 Å². The Morgan fingerprint density at radius 2 is 2.31 bits per heavy atom. The molecule has 0 aliphatic carbocycles. The minimum atomic E-state index is 0.587. The Labute approximate surface area is 98.3 Å². The first-order valence-corrected chi connectivity index (χ1v) is 6.47. The topological polar surface area (TPSA) is 29.9 Å². The molecule has 0 radical (unpaired) electrons. The summed E-state index contributed by atoms with van der Waals surface area (Å²) in [4.78, 5) is 4.51. The largest absolute Gasteiger partial charge is 0.331 e. The molecular formula is C13H23N3. The molecule has 1 aliphatic heterocycles. The van der Waals surface area contributed by atoms with Gasteiger partial charge < -0.3 is 9.88 Å². The Bertz CT molecular complexity index is 343. The fraction of sp³-hybridized carbons (Fsp3) is 0.769. The second kappa shape index (κ2) is 5.00. The highest BCUT2D eigenvalue weighted by atomic mass is 15.1. The molecule has 3 heteroatoms. The number of hydrogen-bond donors (Lipinski definition) is 1. The van der Waals surface area contributed by atoms with Crippen LogP contribution in [0.1, 0.15) is 51.0 Å². The molecule has 0 aromatic carbocycles. The Morgan fingerprint density at radius 1 is 1.50 bits per heavy atom. The molecule has 1 aliphatic rings. The van der Waals surface area contributed by atoms with E-state index < -0.39 is 0 Å². The van der Waals surface area contributed by atoms with Crippen molar-refractivity contribution in [3.8, 4) is 0 Å². The fourth-order valence-electron chi connectivity index (χ4n) is 2.50. The van der Waals surface area contributed by atoms with E-state index in [0.29, 0.717) is 6.04 Å². The van der Waals surface area contributed by atoms with E-state index in [0.717, 1.165) is 25.4 Å². The zero-order valence-corrected chi connectivity index (χ0v) is 10.7. The van der Waals surface area contributed by atoms with E-state index in [-0.39, 0.29) is 0 Å². The molecule has 0 spiro atoms. The van der Waals surface area contributed by atoms with Gasteiger partial charge in [0.25, 0.3) is 0 Å². The van der Waals surface area contributed by atoms with Crippen LogP contribution in [0.15, 0.2) is 6.33 Å². The smallest absolute Gasteiger partial charge is 0.0954 e. The van der Waals surface area contributed by atoms with E-state index >= 15 is 0 Å². The van der Waals surface area contributed by atoms with E-state index in [1.54, 1.807) is 0 Å². The van der Waals surface area contributed by atoms with E-state index in [4.69, 9.17) is 0 Å². The standard InChI is InChI=1S/C13H23N3/c1-4-10(2)7-11(3)16-9-15-12-8-14-6-5-13(12)16/h9-11,14H,4-8H2,1-3H3. The maximum absolute atomic E-state index is 4.51. The minimum Gasteiger partial charge on any atom is -0.331 e. The Morgan fingerprint density at radius 3 is 3.06 bits per heavy atom. The summed E-state index contributed by atoms with van der Waals surface area (Å²) in [5.41, 5.74) is 2.71. The van der Waals surface area contributed by atoms with E-state index in [1.165, 1.54) is 24.2 Å². The predicted molar refractivity (Wildman–Crippen MR) is 66.4 cm³/mol. The average molecular weight is 221 g/mol. The van der Waals surface area contributed by atoms with Crippen LogP contribution in [0.3, 0.4) is 0 Å². The molecule has 3 nitrogen and oxygen atoms in total. The second-order valence-corrected chi connectivity index (χ2v) is 5.07. The summed E-state index contributed by atoms with van der Waals surface area (Å²) in [6.07, 6.45) is 5.68. The number of nitrogens with zero attached hydrogens (tertiary/aromatic N) is 2. The summed E-state index contributed by atoms with van der Waals surface area (Å²) in [6.45, 7) is 8.95. The van der Waals surface area contributed by atoms with Gasteiger partial charge in [0.2, 0.25) is 0 Å². The summed E-state index contributed by atoms with van der Waals surface area (Å²) in [7, 11) is 0. The van der Waals surface area contributed by atoms with Crippen molar-refractivity contribution in [1.82, 2.24) is 14.9 Å². The van der Waals surface area contributed by atoms with Gasteiger partial charge in [-0.25, -0.2) is 4.98 Å². The number of nitrogens with one attached hydrogen (secondary N) is 1. The van der Waals surface area contributed by atoms with E-state index in [2.05, 4.69) is 35.6 Å².